The first-order chi connectivity index (χ1) is 8.77. The van der Waals surface area contributed by atoms with E-state index in [1.54, 1.807) is 12.4 Å². The minimum absolute atomic E-state index is 0.217. The van der Waals surface area contributed by atoms with Crippen LogP contribution in [0.1, 0.15) is 12.0 Å². The third-order valence-corrected chi connectivity index (χ3v) is 2.70. The Bertz CT molecular complexity index is 507. The molecule has 2 heterocycles. The number of nitrogens with zero attached hydrogens (tertiary/aromatic N) is 3. The molecule has 5 nitrogen and oxygen atoms in total. The van der Waals surface area contributed by atoms with E-state index >= 15 is 0 Å². The zero-order valence-electron chi connectivity index (χ0n) is 9.71. The lowest BCUT2D eigenvalue weighted by Crippen LogP contribution is -2.04. The summed E-state index contributed by atoms with van der Waals surface area (Å²) >= 11 is 5.76. The van der Waals surface area contributed by atoms with Crippen molar-refractivity contribution in [3.8, 4) is 5.88 Å². The van der Waals surface area contributed by atoms with Crippen LogP contribution in [0.3, 0.4) is 0 Å². The quantitative estimate of drug-likeness (QED) is 0.661. The van der Waals surface area contributed by atoms with E-state index < -0.39 is 0 Å². The second-order valence-corrected chi connectivity index (χ2v) is 4.05. The van der Waals surface area contributed by atoms with Crippen molar-refractivity contribution >= 4 is 17.3 Å². The molecule has 2 N–H and O–H groups in total. The fraction of sp³-hybridized carbons (Fsp3) is 0.250. The summed E-state index contributed by atoms with van der Waals surface area (Å²) < 4.78 is 5.46. The van der Waals surface area contributed by atoms with Gasteiger partial charge in [-0.1, -0.05) is 11.6 Å². The van der Waals surface area contributed by atoms with Gasteiger partial charge in [0.05, 0.1) is 6.61 Å². The van der Waals surface area contributed by atoms with E-state index in [2.05, 4.69) is 15.0 Å². The fourth-order valence-corrected chi connectivity index (χ4v) is 1.59. The van der Waals surface area contributed by atoms with Crippen LogP contribution in [0, 0.1) is 0 Å². The molecule has 0 amide bonds. The van der Waals surface area contributed by atoms with E-state index in [4.69, 9.17) is 22.1 Å². The number of halogens is 1. The van der Waals surface area contributed by atoms with Crippen molar-refractivity contribution < 1.29 is 4.74 Å². The fourth-order valence-electron chi connectivity index (χ4n) is 1.47. The summed E-state index contributed by atoms with van der Waals surface area (Å²) in [7, 11) is 0. The number of rotatable bonds is 5. The van der Waals surface area contributed by atoms with Crippen LogP contribution in [0.4, 0.5) is 5.69 Å². The number of nitrogens with two attached hydrogens (primary N) is 1. The predicted octanol–water partition coefficient (Wildman–Crippen LogP) is 2.12. The average molecular weight is 265 g/mol. The molecule has 0 unspecified atom stereocenters. The molecule has 0 aliphatic heterocycles. The van der Waals surface area contributed by atoms with E-state index in [1.165, 1.54) is 11.9 Å². The van der Waals surface area contributed by atoms with Gasteiger partial charge in [-0.2, -0.15) is 4.98 Å². The number of hydrogen-bond donors (Lipinski definition) is 1. The van der Waals surface area contributed by atoms with Crippen molar-refractivity contribution in [3.05, 3.63) is 41.6 Å². The highest BCUT2D eigenvalue weighted by atomic mass is 35.5. The molecule has 2 rings (SSSR count). The maximum Gasteiger partial charge on any atom is 0.241 e. The number of pyridine rings is 1. The van der Waals surface area contributed by atoms with Crippen molar-refractivity contribution in [1.29, 1.82) is 0 Å². The van der Waals surface area contributed by atoms with Gasteiger partial charge < -0.3 is 10.5 Å². The molecule has 0 aliphatic rings. The van der Waals surface area contributed by atoms with Crippen molar-refractivity contribution in [3.63, 3.8) is 0 Å². The minimum Gasteiger partial charge on any atom is -0.476 e. The monoisotopic (exact) mass is 264 g/mol. The second kappa shape index (κ2) is 6.16. The Balaban J connectivity index is 1.81. The van der Waals surface area contributed by atoms with Crippen molar-refractivity contribution in [1.82, 2.24) is 15.0 Å². The molecule has 2 aromatic rings. The summed E-state index contributed by atoms with van der Waals surface area (Å²) in [4.78, 5) is 11.7. The first kappa shape index (κ1) is 12.6. The molecule has 6 heteroatoms. The van der Waals surface area contributed by atoms with Gasteiger partial charge in [0.15, 0.2) is 5.15 Å². The number of ether oxygens (including phenoxy) is 1. The molecule has 0 saturated heterocycles. The SMILES string of the molecule is Nc1c(Cl)ncnc1OCCCc1ccncc1. The van der Waals surface area contributed by atoms with Crippen LogP contribution in [0.15, 0.2) is 30.9 Å². The van der Waals surface area contributed by atoms with Crippen LogP contribution in [0.5, 0.6) is 5.88 Å². The molecule has 0 aromatic carbocycles. The van der Waals surface area contributed by atoms with Gasteiger partial charge in [0.25, 0.3) is 0 Å². The maximum atomic E-state index is 5.76. The van der Waals surface area contributed by atoms with Crippen molar-refractivity contribution in [2.24, 2.45) is 0 Å². The van der Waals surface area contributed by atoms with Gasteiger partial charge in [-0.15, -0.1) is 0 Å². The summed E-state index contributed by atoms with van der Waals surface area (Å²) in [6.07, 6.45) is 6.67. The highest BCUT2D eigenvalue weighted by molar-refractivity contribution is 6.32. The standard InChI is InChI=1S/C12H13ClN4O/c13-11-10(14)12(17-8-16-11)18-7-1-2-9-3-5-15-6-4-9/h3-6,8H,1-2,7,14H2. The van der Waals surface area contributed by atoms with Crippen molar-refractivity contribution in [2.75, 3.05) is 12.3 Å². The molecule has 0 fully saturated rings. The summed E-state index contributed by atoms with van der Waals surface area (Å²) in [6, 6.07) is 3.96. The van der Waals surface area contributed by atoms with E-state index in [1.807, 2.05) is 12.1 Å². The molecular formula is C12H13ClN4O. The number of aromatic nitrogens is 3. The molecule has 2 aromatic heterocycles. The van der Waals surface area contributed by atoms with Crippen LogP contribution in [0.25, 0.3) is 0 Å². The van der Waals surface area contributed by atoms with E-state index in [0.29, 0.717) is 12.5 Å². The average Bonchev–Trinajstić information content (AvgIpc) is 2.40. The second-order valence-electron chi connectivity index (χ2n) is 3.69. The minimum atomic E-state index is 0.217. The highest BCUT2D eigenvalue weighted by Crippen LogP contribution is 2.24. The summed E-state index contributed by atoms with van der Waals surface area (Å²) in [5.74, 6) is 0.338. The summed E-state index contributed by atoms with van der Waals surface area (Å²) in [5, 5.41) is 0.217. The van der Waals surface area contributed by atoms with Gasteiger partial charge in [-0.3, -0.25) is 4.98 Å². The smallest absolute Gasteiger partial charge is 0.241 e. The van der Waals surface area contributed by atoms with Gasteiger partial charge in [-0.05, 0) is 30.5 Å². The lowest BCUT2D eigenvalue weighted by Gasteiger charge is -2.07. The molecule has 18 heavy (non-hydrogen) atoms. The first-order valence-corrected chi connectivity index (χ1v) is 5.93. The Morgan fingerprint density at radius 3 is 2.78 bits per heavy atom. The van der Waals surface area contributed by atoms with Crippen LogP contribution in [0.2, 0.25) is 5.15 Å². The Labute approximate surface area is 110 Å². The zero-order valence-corrected chi connectivity index (χ0v) is 10.5. The first-order valence-electron chi connectivity index (χ1n) is 5.55. The highest BCUT2D eigenvalue weighted by Gasteiger charge is 2.06. The Morgan fingerprint density at radius 1 is 1.22 bits per heavy atom. The molecular weight excluding hydrogens is 252 g/mol. The van der Waals surface area contributed by atoms with Crippen LogP contribution in [-0.4, -0.2) is 21.6 Å². The predicted molar refractivity (Wildman–Crippen MR) is 69.5 cm³/mol. The Kier molecular flexibility index (Phi) is 4.30. The van der Waals surface area contributed by atoms with Crippen LogP contribution in [-0.2, 0) is 6.42 Å². The molecule has 0 spiro atoms. The number of nitrogen functional groups attached to an aromatic ring is 1. The largest absolute Gasteiger partial charge is 0.476 e. The van der Waals surface area contributed by atoms with Gasteiger partial charge >= 0.3 is 0 Å². The van der Waals surface area contributed by atoms with E-state index in [0.717, 1.165) is 12.8 Å². The van der Waals surface area contributed by atoms with E-state index in [-0.39, 0.29) is 10.8 Å². The number of aryl methyl sites for hydroxylation is 1. The lowest BCUT2D eigenvalue weighted by molar-refractivity contribution is 0.300. The third kappa shape index (κ3) is 3.30. The zero-order chi connectivity index (χ0) is 12.8. The van der Waals surface area contributed by atoms with Gasteiger partial charge in [0, 0.05) is 12.4 Å². The lowest BCUT2D eigenvalue weighted by atomic mass is 10.1. The number of hydrogen-bond acceptors (Lipinski definition) is 5. The summed E-state index contributed by atoms with van der Waals surface area (Å²) in [5.41, 5.74) is 7.19. The van der Waals surface area contributed by atoms with Gasteiger partial charge in [-0.25, -0.2) is 4.98 Å². The Hall–Kier alpha value is -1.88. The molecule has 0 saturated carbocycles. The van der Waals surface area contributed by atoms with Gasteiger partial charge in [0.2, 0.25) is 5.88 Å². The molecule has 0 bridgehead atoms. The number of anilines is 1. The van der Waals surface area contributed by atoms with Crippen LogP contribution >= 0.6 is 11.6 Å². The molecule has 0 aliphatic carbocycles. The maximum absolute atomic E-state index is 5.76. The van der Waals surface area contributed by atoms with E-state index in [9.17, 15) is 0 Å². The molecule has 0 atom stereocenters. The molecule has 94 valence electrons. The molecule has 0 radical (unpaired) electrons. The third-order valence-electron chi connectivity index (χ3n) is 2.40. The normalized spacial score (nSPS) is 10.3. The van der Waals surface area contributed by atoms with Crippen molar-refractivity contribution in [2.45, 2.75) is 12.8 Å². The Morgan fingerprint density at radius 2 is 2.00 bits per heavy atom. The van der Waals surface area contributed by atoms with Gasteiger partial charge in [0.1, 0.15) is 12.0 Å². The summed E-state index contributed by atoms with van der Waals surface area (Å²) in [6.45, 7) is 0.528. The van der Waals surface area contributed by atoms with Crippen LogP contribution < -0.4 is 10.5 Å². The topological polar surface area (TPSA) is 73.9 Å².